The molecule has 1 aliphatic heterocycles. The van der Waals surface area contributed by atoms with E-state index < -0.39 is 17.7 Å². The molecule has 0 radical (unpaired) electrons. The van der Waals surface area contributed by atoms with Crippen LogP contribution < -0.4 is 0 Å². The summed E-state index contributed by atoms with van der Waals surface area (Å²) < 4.78 is 5.29. The largest absolute Gasteiger partial charge is 0.444 e. The van der Waals surface area contributed by atoms with Crippen LogP contribution in [0.4, 0.5) is 4.79 Å². The van der Waals surface area contributed by atoms with Gasteiger partial charge in [-0.05, 0) is 40.0 Å². The maximum atomic E-state index is 12.0. The van der Waals surface area contributed by atoms with Gasteiger partial charge in [0.05, 0.1) is 11.9 Å². The zero-order valence-corrected chi connectivity index (χ0v) is 11.4. The van der Waals surface area contributed by atoms with Gasteiger partial charge >= 0.3 is 6.09 Å². The predicted molar refractivity (Wildman–Crippen MR) is 66.3 cm³/mol. The van der Waals surface area contributed by atoms with Crippen molar-refractivity contribution in [3.05, 3.63) is 0 Å². The van der Waals surface area contributed by atoms with Crippen LogP contribution in [0.15, 0.2) is 0 Å². The van der Waals surface area contributed by atoms with Crippen molar-refractivity contribution < 1.29 is 14.3 Å². The summed E-state index contributed by atoms with van der Waals surface area (Å²) in [5.74, 6) is -0.151. The van der Waals surface area contributed by atoms with Crippen LogP contribution in [-0.4, -0.2) is 40.8 Å². The number of amides is 1. The first-order chi connectivity index (χ1) is 7.85. The van der Waals surface area contributed by atoms with Crippen LogP contribution in [0.3, 0.4) is 0 Å². The molecule has 1 rings (SSSR count). The van der Waals surface area contributed by atoms with Gasteiger partial charge in [0.2, 0.25) is 0 Å². The average Bonchev–Trinajstić information content (AvgIpc) is 2.25. The fraction of sp³-hybridized carbons (Fsp3) is 0.833. The van der Waals surface area contributed by atoms with Gasteiger partial charge in [-0.25, -0.2) is 4.79 Å². The third kappa shape index (κ3) is 4.19. The van der Waals surface area contributed by atoms with Crippen molar-refractivity contribution in [3.8, 4) is 0 Å². The van der Waals surface area contributed by atoms with E-state index in [1.54, 1.807) is 0 Å². The molecule has 0 N–H and O–H groups in total. The number of nitrogens with zero attached hydrogens (tertiary/aromatic N) is 1. The predicted octanol–water partition coefficient (Wildman–Crippen LogP) is 2.58. The highest BCUT2D eigenvalue weighted by atomic mass is 35.5. The molecule has 1 heterocycles. The second-order valence-corrected chi connectivity index (χ2v) is 5.55. The molecule has 1 amide bonds. The van der Waals surface area contributed by atoms with Crippen molar-refractivity contribution in [3.63, 3.8) is 0 Å². The number of piperidine rings is 1. The van der Waals surface area contributed by atoms with Crippen molar-refractivity contribution in [2.75, 3.05) is 12.4 Å². The molecule has 1 fully saturated rings. The Balaban J connectivity index is 2.71. The van der Waals surface area contributed by atoms with Crippen LogP contribution in [0.5, 0.6) is 0 Å². The number of rotatable bonds is 2. The highest BCUT2D eigenvalue weighted by Crippen LogP contribution is 2.21. The maximum absolute atomic E-state index is 12.0. The van der Waals surface area contributed by atoms with E-state index in [9.17, 15) is 9.59 Å². The number of Topliss-reactive ketones (excluding diaryl/α,β-unsaturated/α-hetero) is 1. The van der Waals surface area contributed by atoms with E-state index >= 15 is 0 Å². The third-order valence-corrected chi connectivity index (χ3v) is 2.90. The van der Waals surface area contributed by atoms with Gasteiger partial charge in [-0.2, -0.15) is 0 Å². The zero-order chi connectivity index (χ0) is 13.1. The first-order valence-corrected chi connectivity index (χ1v) is 6.47. The second kappa shape index (κ2) is 5.71. The third-order valence-electron chi connectivity index (χ3n) is 2.63. The Morgan fingerprint density at radius 2 is 2.00 bits per heavy atom. The molecular formula is C12H20ClNO3. The lowest BCUT2D eigenvalue weighted by atomic mass is 10.00. The topological polar surface area (TPSA) is 46.6 Å². The fourth-order valence-corrected chi connectivity index (χ4v) is 2.07. The molecule has 0 spiro atoms. The molecule has 98 valence electrons. The van der Waals surface area contributed by atoms with Crippen molar-refractivity contribution in [1.29, 1.82) is 0 Å². The van der Waals surface area contributed by atoms with Gasteiger partial charge in [-0.15, -0.1) is 11.6 Å². The minimum Gasteiger partial charge on any atom is -0.444 e. The second-order valence-electron chi connectivity index (χ2n) is 5.29. The molecule has 17 heavy (non-hydrogen) atoms. The van der Waals surface area contributed by atoms with E-state index in [1.165, 1.54) is 4.90 Å². The molecule has 0 aromatic rings. The van der Waals surface area contributed by atoms with E-state index in [0.29, 0.717) is 13.0 Å². The van der Waals surface area contributed by atoms with Gasteiger partial charge in [0.25, 0.3) is 0 Å². The van der Waals surface area contributed by atoms with Gasteiger partial charge in [-0.1, -0.05) is 0 Å². The number of carbonyl (C=O) groups is 2. The number of ether oxygens (including phenoxy) is 1. The Morgan fingerprint density at radius 1 is 1.35 bits per heavy atom. The van der Waals surface area contributed by atoms with Crippen LogP contribution >= 0.6 is 11.6 Å². The number of ketones is 1. The monoisotopic (exact) mass is 261 g/mol. The summed E-state index contributed by atoms with van der Waals surface area (Å²) in [7, 11) is 0. The van der Waals surface area contributed by atoms with Gasteiger partial charge in [0.1, 0.15) is 5.60 Å². The molecule has 0 aromatic heterocycles. The van der Waals surface area contributed by atoms with Gasteiger partial charge in [0.15, 0.2) is 5.78 Å². The van der Waals surface area contributed by atoms with Crippen LogP contribution in [0.25, 0.3) is 0 Å². The van der Waals surface area contributed by atoms with E-state index in [0.717, 1.165) is 12.8 Å². The van der Waals surface area contributed by atoms with Crippen molar-refractivity contribution in [1.82, 2.24) is 4.90 Å². The highest BCUT2D eigenvalue weighted by Gasteiger charge is 2.33. The quantitative estimate of drug-likeness (QED) is 0.718. The molecule has 1 aliphatic rings. The standard InChI is InChI=1S/C12H20ClNO3/c1-12(2,3)17-11(16)14-7-5-4-6-9(14)10(15)8-13/h9H,4-8H2,1-3H3. The first-order valence-electron chi connectivity index (χ1n) is 5.93. The molecule has 0 saturated carbocycles. The molecule has 4 nitrogen and oxygen atoms in total. The van der Waals surface area contributed by atoms with E-state index in [-0.39, 0.29) is 11.7 Å². The van der Waals surface area contributed by atoms with Crippen molar-refractivity contribution in [2.45, 2.75) is 51.7 Å². The Labute approximate surface area is 107 Å². The van der Waals surface area contributed by atoms with Crippen LogP contribution in [0.2, 0.25) is 0 Å². The van der Waals surface area contributed by atoms with E-state index in [1.807, 2.05) is 20.8 Å². The molecular weight excluding hydrogens is 242 g/mol. The van der Waals surface area contributed by atoms with Crippen molar-refractivity contribution in [2.24, 2.45) is 0 Å². The molecule has 1 unspecified atom stereocenters. The molecule has 0 aromatic carbocycles. The van der Waals surface area contributed by atoms with Gasteiger partial charge in [0, 0.05) is 6.54 Å². The Hall–Kier alpha value is -0.770. The Bertz CT molecular complexity index is 299. The lowest BCUT2D eigenvalue weighted by Gasteiger charge is -2.35. The summed E-state index contributed by atoms with van der Waals surface area (Å²) in [4.78, 5) is 25.1. The summed E-state index contributed by atoms with van der Waals surface area (Å²) >= 11 is 5.56. The van der Waals surface area contributed by atoms with Crippen LogP contribution in [0.1, 0.15) is 40.0 Å². The summed E-state index contributed by atoms with van der Waals surface area (Å²) in [5, 5.41) is 0. The number of halogens is 1. The lowest BCUT2D eigenvalue weighted by molar-refractivity contribution is -0.123. The SMILES string of the molecule is CC(C)(C)OC(=O)N1CCCCC1C(=O)CCl. The van der Waals surface area contributed by atoms with Gasteiger partial charge in [-0.3, -0.25) is 9.69 Å². The first kappa shape index (κ1) is 14.3. The number of alkyl halides is 1. The summed E-state index contributed by atoms with van der Waals surface area (Å²) in [5.41, 5.74) is -0.539. The zero-order valence-electron chi connectivity index (χ0n) is 10.7. The number of carbonyl (C=O) groups excluding carboxylic acids is 2. The van der Waals surface area contributed by atoms with Gasteiger partial charge < -0.3 is 4.74 Å². The summed E-state index contributed by atoms with van der Waals surface area (Å²) in [6, 6.07) is -0.406. The Kier molecular flexibility index (Phi) is 4.80. The van der Waals surface area contributed by atoms with Crippen LogP contribution in [-0.2, 0) is 9.53 Å². The van der Waals surface area contributed by atoms with E-state index in [4.69, 9.17) is 16.3 Å². The smallest absolute Gasteiger partial charge is 0.410 e. The fourth-order valence-electron chi connectivity index (χ4n) is 1.89. The lowest BCUT2D eigenvalue weighted by Crippen LogP contribution is -2.50. The minimum atomic E-state index is -0.539. The Morgan fingerprint density at radius 3 is 2.53 bits per heavy atom. The molecule has 1 atom stereocenters. The molecule has 1 saturated heterocycles. The normalized spacial score (nSPS) is 21.2. The highest BCUT2D eigenvalue weighted by molar-refractivity contribution is 6.28. The van der Waals surface area contributed by atoms with Crippen molar-refractivity contribution >= 4 is 23.5 Å². The molecule has 5 heteroatoms. The summed E-state index contributed by atoms with van der Waals surface area (Å²) in [6.07, 6.45) is 2.13. The number of hydrogen-bond donors (Lipinski definition) is 0. The van der Waals surface area contributed by atoms with Crippen LogP contribution in [0, 0.1) is 0 Å². The average molecular weight is 262 g/mol. The number of hydrogen-bond acceptors (Lipinski definition) is 3. The number of likely N-dealkylation sites (tertiary alicyclic amines) is 1. The van der Waals surface area contributed by atoms with E-state index in [2.05, 4.69) is 0 Å². The maximum Gasteiger partial charge on any atom is 0.410 e. The molecule has 0 aliphatic carbocycles. The summed E-state index contributed by atoms with van der Waals surface area (Å²) in [6.45, 7) is 6.01. The minimum absolute atomic E-state index is 0.0516. The molecule has 0 bridgehead atoms.